The number of ether oxygens (including phenoxy) is 2. The number of benzene rings is 3. The maximum absolute atomic E-state index is 12.6. The second kappa shape index (κ2) is 8.31. The number of carbonyl (C=O) groups is 3. The van der Waals surface area contributed by atoms with E-state index in [1.807, 2.05) is 24.3 Å². The van der Waals surface area contributed by atoms with Gasteiger partial charge in [-0.2, -0.15) is 0 Å². The van der Waals surface area contributed by atoms with E-state index in [2.05, 4.69) is 5.32 Å². The molecule has 7 heteroatoms. The highest BCUT2D eigenvalue weighted by Gasteiger charge is 2.21. The molecule has 1 atom stereocenters. The number of anilines is 1. The smallest absolute Gasteiger partial charge is 0.338 e. The second-order valence-electron chi connectivity index (χ2n) is 6.92. The molecule has 0 aliphatic carbocycles. The van der Waals surface area contributed by atoms with E-state index < -0.39 is 18.0 Å². The highest BCUT2D eigenvalue weighted by molar-refractivity contribution is 6.08. The fourth-order valence-corrected chi connectivity index (χ4v) is 3.23. The van der Waals surface area contributed by atoms with Crippen molar-refractivity contribution in [2.75, 3.05) is 12.4 Å². The molecule has 0 aliphatic rings. The van der Waals surface area contributed by atoms with Crippen LogP contribution in [-0.2, 0) is 9.53 Å². The fourth-order valence-electron chi connectivity index (χ4n) is 3.23. The number of hydrogen-bond acceptors (Lipinski definition) is 6. The zero-order valence-corrected chi connectivity index (χ0v) is 16.9. The van der Waals surface area contributed by atoms with Crippen LogP contribution >= 0.6 is 0 Å². The lowest BCUT2D eigenvalue weighted by Gasteiger charge is -2.15. The summed E-state index contributed by atoms with van der Waals surface area (Å²) in [7, 11) is 1.51. The summed E-state index contributed by atoms with van der Waals surface area (Å²) in [6.07, 6.45) is -0.383. The molecular formula is C24H19NO6. The average Bonchev–Trinajstić information content (AvgIpc) is 3.15. The van der Waals surface area contributed by atoms with E-state index in [0.717, 1.165) is 16.4 Å². The van der Waals surface area contributed by atoms with Crippen molar-refractivity contribution in [1.82, 2.24) is 0 Å². The van der Waals surface area contributed by atoms with Gasteiger partial charge < -0.3 is 19.2 Å². The van der Waals surface area contributed by atoms with Crippen LogP contribution in [-0.4, -0.2) is 31.4 Å². The van der Waals surface area contributed by atoms with Gasteiger partial charge in [0.05, 0.1) is 18.4 Å². The number of aldehydes is 1. The van der Waals surface area contributed by atoms with Crippen molar-refractivity contribution in [3.63, 3.8) is 0 Å². The monoisotopic (exact) mass is 417 g/mol. The number of fused-ring (bicyclic) bond motifs is 3. The molecular weight excluding hydrogens is 398 g/mol. The molecule has 0 aliphatic heterocycles. The number of furan rings is 1. The summed E-state index contributed by atoms with van der Waals surface area (Å²) in [6.45, 7) is 1.47. The molecule has 0 unspecified atom stereocenters. The first-order valence-corrected chi connectivity index (χ1v) is 9.56. The van der Waals surface area contributed by atoms with Crippen LogP contribution < -0.4 is 10.1 Å². The van der Waals surface area contributed by atoms with Crippen LogP contribution in [0.2, 0.25) is 0 Å². The Hall–Kier alpha value is -4.13. The predicted octanol–water partition coefficient (Wildman–Crippen LogP) is 4.59. The lowest BCUT2D eigenvalue weighted by atomic mass is 10.1. The van der Waals surface area contributed by atoms with Crippen molar-refractivity contribution in [2.24, 2.45) is 0 Å². The molecule has 4 aromatic rings. The largest absolute Gasteiger partial charge is 0.495 e. The number of rotatable bonds is 6. The van der Waals surface area contributed by atoms with E-state index in [9.17, 15) is 14.4 Å². The highest BCUT2D eigenvalue weighted by atomic mass is 16.5. The molecule has 0 radical (unpaired) electrons. The summed E-state index contributed by atoms with van der Waals surface area (Å²) in [4.78, 5) is 35.6. The molecule has 1 amide bonds. The summed E-state index contributed by atoms with van der Waals surface area (Å²) in [5.41, 5.74) is 2.40. The van der Waals surface area contributed by atoms with E-state index in [-0.39, 0.29) is 5.56 Å². The number of carbonyl (C=O) groups excluding carboxylic acids is 3. The third-order valence-electron chi connectivity index (χ3n) is 4.89. The van der Waals surface area contributed by atoms with Gasteiger partial charge in [0.1, 0.15) is 23.2 Å². The van der Waals surface area contributed by atoms with Gasteiger partial charge in [-0.1, -0.05) is 30.3 Å². The Labute approximate surface area is 177 Å². The number of amides is 1. The van der Waals surface area contributed by atoms with E-state index in [1.165, 1.54) is 38.3 Å². The van der Waals surface area contributed by atoms with Gasteiger partial charge in [-0.25, -0.2) is 4.79 Å². The van der Waals surface area contributed by atoms with Crippen molar-refractivity contribution >= 4 is 45.8 Å². The molecule has 3 aromatic carbocycles. The zero-order valence-electron chi connectivity index (χ0n) is 16.9. The maximum Gasteiger partial charge on any atom is 0.338 e. The van der Waals surface area contributed by atoms with Gasteiger partial charge >= 0.3 is 5.97 Å². The van der Waals surface area contributed by atoms with Crippen molar-refractivity contribution in [3.05, 3.63) is 71.8 Å². The third-order valence-corrected chi connectivity index (χ3v) is 4.89. The normalized spacial score (nSPS) is 11.8. The number of hydrogen-bond donors (Lipinski definition) is 1. The molecule has 156 valence electrons. The molecule has 1 heterocycles. The molecule has 7 nitrogen and oxygen atoms in total. The molecule has 0 spiro atoms. The fraction of sp³-hybridized carbons (Fsp3) is 0.125. The third kappa shape index (κ3) is 3.98. The molecule has 1 N–H and O–H groups in total. The molecule has 0 bridgehead atoms. The summed E-state index contributed by atoms with van der Waals surface area (Å²) < 4.78 is 16.5. The second-order valence-corrected chi connectivity index (χ2v) is 6.92. The molecule has 1 aromatic heterocycles. The van der Waals surface area contributed by atoms with Gasteiger partial charge in [0.2, 0.25) is 0 Å². The number of methoxy groups -OCH3 is 1. The quantitative estimate of drug-likeness (QED) is 0.364. The highest BCUT2D eigenvalue weighted by Crippen LogP contribution is 2.36. The predicted molar refractivity (Wildman–Crippen MR) is 116 cm³/mol. The van der Waals surface area contributed by atoms with Crippen LogP contribution in [0.15, 0.2) is 65.1 Å². The van der Waals surface area contributed by atoms with Gasteiger partial charge in [0.25, 0.3) is 5.91 Å². The Morgan fingerprint density at radius 2 is 1.74 bits per heavy atom. The minimum absolute atomic E-state index is 0.242. The van der Waals surface area contributed by atoms with Crippen LogP contribution in [0.25, 0.3) is 21.9 Å². The number of para-hydroxylation sites is 1. The lowest BCUT2D eigenvalue weighted by Crippen LogP contribution is -2.30. The first kappa shape index (κ1) is 20.2. The van der Waals surface area contributed by atoms with Crippen molar-refractivity contribution in [2.45, 2.75) is 13.0 Å². The molecule has 31 heavy (non-hydrogen) atoms. The van der Waals surface area contributed by atoms with Crippen LogP contribution in [0.5, 0.6) is 5.75 Å². The Kier molecular flexibility index (Phi) is 5.41. The van der Waals surface area contributed by atoms with Crippen LogP contribution in [0, 0.1) is 0 Å². The van der Waals surface area contributed by atoms with Crippen LogP contribution in [0.1, 0.15) is 27.6 Å². The Morgan fingerprint density at radius 3 is 2.45 bits per heavy atom. The minimum atomic E-state index is -1.06. The zero-order chi connectivity index (χ0) is 22.0. The summed E-state index contributed by atoms with van der Waals surface area (Å²) in [5, 5.41) is 4.53. The van der Waals surface area contributed by atoms with Crippen molar-refractivity contribution in [3.8, 4) is 5.75 Å². The summed E-state index contributed by atoms with van der Waals surface area (Å²) in [6, 6.07) is 17.0. The number of esters is 1. The van der Waals surface area contributed by atoms with Crippen LogP contribution in [0.4, 0.5) is 5.69 Å². The van der Waals surface area contributed by atoms with Gasteiger partial charge in [0.15, 0.2) is 6.10 Å². The van der Waals surface area contributed by atoms with E-state index in [1.54, 1.807) is 12.1 Å². The van der Waals surface area contributed by atoms with E-state index >= 15 is 0 Å². The molecule has 0 saturated heterocycles. The first-order valence-electron chi connectivity index (χ1n) is 9.56. The average molecular weight is 417 g/mol. The topological polar surface area (TPSA) is 94.8 Å². The molecule has 4 rings (SSSR count). The summed E-state index contributed by atoms with van der Waals surface area (Å²) in [5.74, 6) is -0.734. The Bertz CT molecular complexity index is 1290. The minimum Gasteiger partial charge on any atom is -0.495 e. The molecule has 0 fully saturated rings. The number of nitrogens with one attached hydrogen (secondary N) is 1. The van der Waals surface area contributed by atoms with Crippen LogP contribution in [0.3, 0.4) is 0 Å². The lowest BCUT2D eigenvalue weighted by molar-refractivity contribution is -0.123. The molecule has 0 saturated carbocycles. The Balaban J connectivity index is 1.53. The van der Waals surface area contributed by atoms with Gasteiger partial charge in [-0.3, -0.25) is 9.59 Å². The maximum atomic E-state index is 12.6. The van der Waals surface area contributed by atoms with Gasteiger partial charge in [-0.15, -0.1) is 0 Å². The Morgan fingerprint density at radius 1 is 1.00 bits per heavy atom. The van der Waals surface area contributed by atoms with Gasteiger partial charge in [0, 0.05) is 22.4 Å². The van der Waals surface area contributed by atoms with E-state index in [4.69, 9.17) is 13.9 Å². The van der Waals surface area contributed by atoms with E-state index in [0.29, 0.717) is 28.9 Å². The summed E-state index contributed by atoms with van der Waals surface area (Å²) >= 11 is 0. The van der Waals surface area contributed by atoms with Crippen molar-refractivity contribution < 1.29 is 28.3 Å². The SMILES string of the molecule is COc1cc2c(cc1NC(=O)[C@H](C)OC(=O)c1ccc(C=O)cc1)oc1ccccc12. The standard InChI is InChI=1S/C24H19NO6/c1-14(30-24(28)16-9-7-15(13-26)8-10-16)23(27)25-19-12-21-18(11-22(19)29-2)17-5-3-4-6-20(17)31-21/h3-14H,1-2H3,(H,25,27)/t14-/m0/s1. The first-order chi connectivity index (χ1) is 15.0. The van der Waals surface area contributed by atoms with Gasteiger partial charge in [-0.05, 0) is 31.2 Å². The van der Waals surface area contributed by atoms with Crippen molar-refractivity contribution in [1.29, 1.82) is 0 Å².